The molecule has 0 bridgehead atoms. The zero-order chi connectivity index (χ0) is 25.8. The number of imidazole rings is 1. The molecule has 1 atom stereocenters. The second-order valence-electron chi connectivity index (χ2n) is 10.1. The predicted molar refractivity (Wildman–Crippen MR) is 141 cm³/mol. The largest absolute Gasteiger partial charge is 0.375 e. The summed E-state index contributed by atoms with van der Waals surface area (Å²) < 4.78 is 6.90. The molecular formula is C27H36N6O3. The molecule has 4 rings (SSSR count). The minimum absolute atomic E-state index is 0.0819. The minimum atomic E-state index is -0.294. The summed E-state index contributed by atoms with van der Waals surface area (Å²) in [6.07, 6.45) is 4.55. The van der Waals surface area contributed by atoms with E-state index in [1.807, 2.05) is 30.8 Å². The highest BCUT2D eigenvalue weighted by Crippen LogP contribution is 2.31. The first-order chi connectivity index (χ1) is 17.3. The predicted octanol–water partition coefficient (Wildman–Crippen LogP) is 3.27. The molecule has 192 valence electrons. The van der Waals surface area contributed by atoms with E-state index < -0.39 is 0 Å². The number of carbonyl (C=O) groups excluding carboxylic acids is 2. The van der Waals surface area contributed by atoms with Crippen molar-refractivity contribution in [1.29, 1.82) is 0 Å². The van der Waals surface area contributed by atoms with Crippen LogP contribution < -0.4 is 5.32 Å². The van der Waals surface area contributed by atoms with Gasteiger partial charge in [-0.1, -0.05) is 13.8 Å². The van der Waals surface area contributed by atoms with Gasteiger partial charge in [0, 0.05) is 64.4 Å². The average Bonchev–Trinajstić information content (AvgIpc) is 3.42. The fraction of sp³-hybridized carbons (Fsp3) is 0.481. The third kappa shape index (κ3) is 5.74. The number of fused-ring (bicyclic) bond motifs is 1. The summed E-state index contributed by atoms with van der Waals surface area (Å²) in [4.78, 5) is 39.2. The van der Waals surface area contributed by atoms with Gasteiger partial charge in [0.1, 0.15) is 12.4 Å². The van der Waals surface area contributed by atoms with Gasteiger partial charge in [0.15, 0.2) is 0 Å². The van der Waals surface area contributed by atoms with E-state index in [1.165, 1.54) is 7.11 Å². The van der Waals surface area contributed by atoms with Crippen molar-refractivity contribution in [3.05, 3.63) is 42.2 Å². The van der Waals surface area contributed by atoms with E-state index in [2.05, 4.69) is 29.0 Å². The second kappa shape index (κ2) is 11.2. The van der Waals surface area contributed by atoms with Gasteiger partial charge in [0.05, 0.1) is 16.7 Å². The molecule has 0 unspecified atom stereocenters. The first-order valence-corrected chi connectivity index (χ1v) is 12.4. The molecule has 0 radical (unpaired) electrons. The highest BCUT2D eigenvalue weighted by molar-refractivity contribution is 6.06. The summed E-state index contributed by atoms with van der Waals surface area (Å²) in [6, 6.07) is 7.33. The molecule has 1 saturated heterocycles. The van der Waals surface area contributed by atoms with Gasteiger partial charge in [-0.3, -0.25) is 14.6 Å². The smallest absolute Gasteiger partial charge is 0.253 e. The number of ether oxygens (including phenoxy) is 1. The van der Waals surface area contributed by atoms with Crippen molar-refractivity contribution in [3.8, 4) is 11.4 Å². The number of benzene rings is 1. The molecule has 1 N–H and O–H groups in total. The molecule has 1 aromatic carbocycles. The number of carbonyl (C=O) groups is 2. The Morgan fingerprint density at radius 2 is 2.11 bits per heavy atom. The van der Waals surface area contributed by atoms with Crippen molar-refractivity contribution in [1.82, 2.24) is 24.3 Å². The summed E-state index contributed by atoms with van der Waals surface area (Å²) >= 11 is 0. The Kier molecular flexibility index (Phi) is 8.01. The van der Waals surface area contributed by atoms with Crippen LogP contribution in [0.15, 0.2) is 36.7 Å². The monoisotopic (exact) mass is 492 g/mol. The Labute approximate surface area is 212 Å². The Morgan fingerprint density at radius 1 is 1.31 bits per heavy atom. The van der Waals surface area contributed by atoms with Crippen LogP contribution in [0.4, 0.5) is 5.69 Å². The van der Waals surface area contributed by atoms with Crippen molar-refractivity contribution < 1.29 is 14.3 Å². The normalized spacial score (nSPS) is 16.1. The van der Waals surface area contributed by atoms with E-state index >= 15 is 0 Å². The maximum atomic E-state index is 13.5. The van der Waals surface area contributed by atoms with Crippen molar-refractivity contribution in [2.45, 2.75) is 20.3 Å². The minimum Gasteiger partial charge on any atom is -0.375 e. The number of pyridine rings is 1. The van der Waals surface area contributed by atoms with Gasteiger partial charge in [0.25, 0.3) is 5.91 Å². The number of aryl methyl sites for hydroxylation is 1. The molecule has 3 heterocycles. The first-order valence-electron chi connectivity index (χ1n) is 12.4. The lowest BCUT2D eigenvalue weighted by atomic mass is 10.1. The van der Waals surface area contributed by atoms with Crippen LogP contribution >= 0.6 is 0 Å². The van der Waals surface area contributed by atoms with E-state index in [4.69, 9.17) is 9.72 Å². The molecule has 0 saturated carbocycles. The molecular weight excluding hydrogens is 456 g/mol. The van der Waals surface area contributed by atoms with Crippen LogP contribution in [0, 0.1) is 11.8 Å². The summed E-state index contributed by atoms with van der Waals surface area (Å²) in [7, 11) is 5.21. The molecule has 9 heteroatoms. The van der Waals surface area contributed by atoms with Crippen LogP contribution in [0.5, 0.6) is 0 Å². The third-order valence-corrected chi connectivity index (χ3v) is 6.56. The number of nitrogens with one attached hydrogen (secondary N) is 1. The summed E-state index contributed by atoms with van der Waals surface area (Å²) in [5.41, 5.74) is 3.23. The number of anilines is 1. The molecule has 0 spiro atoms. The fourth-order valence-corrected chi connectivity index (χ4v) is 5.08. The highest BCUT2D eigenvalue weighted by Gasteiger charge is 2.26. The highest BCUT2D eigenvalue weighted by atomic mass is 16.5. The van der Waals surface area contributed by atoms with Crippen molar-refractivity contribution in [3.63, 3.8) is 0 Å². The van der Waals surface area contributed by atoms with Gasteiger partial charge >= 0.3 is 0 Å². The first kappa shape index (κ1) is 25.8. The quantitative estimate of drug-likeness (QED) is 0.493. The lowest BCUT2D eigenvalue weighted by molar-refractivity contribution is -0.119. The Bertz CT molecular complexity index is 1220. The maximum Gasteiger partial charge on any atom is 0.253 e. The third-order valence-electron chi connectivity index (χ3n) is 6.56. The second-order valence-corrected chi connectivity index (χ2v) is 10.1. The van der Waals surface area contributed by atoms with E-state index in [0.717, 1.165) is 37.1 Å². The Balaban J connectivity index is 1.63. The average molecular weight is 493 g/mol. The molecule has 9 nitrogen and oxygen atoms in total. The SMILES string of the molecule is COCC(=O)Nc1cc(C(=O)N(C)C[C@H]2CCN(CC(C)C)C2)cc2nc(-c3cccnc3)n(C)c12. The number of aromatic nitrogens is 3. The van der Waals surface area contributed by atoms with Gasteiger partial charge < -0.3 is 24.4 Å². The van der Waals surface area contributed by atoms with Gasteiger partial charge in [-0.05, 0) is 49.1 Å². The molecule has 1 fully saturated rings. The van der Waals surface area contributed by atoms with Crippen molar-refractivity contribution in [2.75, 3.05) is 52.3 Å². The molecule has 1 aliphatic heterocycles. The lowest BCUT2D eigenvalue weighted by Gasteiger charge is -2.23. The zero-order valence-corrected chi connectivity index (χ0v) is 21.8. The number of amides is 2. The zero-order valence-electron chi connectivity index (χ0n) is 21.8. The van der Waals surface area contributed by atoms with E-state index in [9.17, 15) is 9.59 Å². The topological polar surface area (TPSA) is 92.6 Å². The van der Waals surface area contributed by atoms with Gasteiger partial charge in [-0.15, -0.1) is 0 Å². The number of methoxy groups -OCH3 is 1. The van der Waals surface area contributed by atoms with Crippen LogP contribution in [0.3, 0.4) is 0 Å². The maximum absolute atomic E-state index is 13.5. The standard InChI is InChI=1S/C27H36N6O3/c1-18(2)14-33-10-8-19(16-33)15-31(3)27(35)21-11-22(29-24(34)17-36-5)25-23(12-21)30-26(32(25)4)20-7-6-9-28-13-20/h6-7,9,11-13,18-19H,8,10,14-17H2,1-5H3,(H,29,34)/t19-/m1/s1. The van der Waals surface area contributed by atoms with E-state index in [0.29, 0.717) is 41.0 Å². The summed E-state index contributed by atoms with van der Waals surface area (Å²) in [5, 5.41) is 2.90. The number of hydrogen-bond acceptors (Lipinski definition) is 6. The van der Waals surface area contributed by atoms with Gasteiger partial charge in [0.2, 0.25) is 5.91 Å². The fourth-order valence-electron chi connectivity index (χ4n) is 5.08. The summed E-state index contributed by atoms with van der Waals surface area (Å²) in [5.74, 6) is 1.41. The Hall–Kier alpha value is -3.30. The molecule has 2 aromatic heterocycles. The lowest BCUT2D eigenvalue weighted by Crippen LogP contribution is -2.33. The molecule has 36 heavy (non-hydrogen) atoms. The van der Waals surface area contributed by atoms with E-state index in [1.54, 1.807) is 29.4 Å². The van der Waals surface area contributed by atoms with Crippen molar-refractivity contribution in [2.24, 2.45) is 18.9 Å². The van der Waals surface area contributed by atoms with Crippen LogP contribution in [0.1, 0.15) is 30.6 Å². The number of likely N-dealkylation sites (tertiary alicyclic amines) is 1. The van der Waals surface area contributed by atoms with Gasteiger partial charge in [-0.25, -0.2) is 4.98 Å². The van der Waals surface area contributed by atoms with Gasteiger partial charge in [-0.2, -0.15) is 0 Å². The number of hydrogen-bond donors (Lipinski definition) is 1. The van der Waals surface area contributed by atoms with Crippen LogP contribution in [0.2, 0.25) is 0 Å². The summed E-state index contributed by atoms with van der Waals surface area (Å²) in [6.45, 7) is 8.27. The Morgan fingerprint density at radius 3 is 2.81 bits per heavy atom. The number of rotatable bonds is 9. The molecule has 1 aliphatic rings. The van der Waals surface area contributed by atoms with Crippen LogP contribution in [0.25, 0.3) is 22.4 Å². The molecule has 2 amide bonds. The van der Waals surface area contributed by atoms with Crippen LogP contribution in [-0.2, 0) is 16.6 Å². The number of nitrogens with zero attached hydrogens (tertiary/aromatic N) is 5. The van der Waals surface area contributed by atoms with Crippen molar-refractivity contribution >= 4 is 28.5 Å². The molecule has 3 aromatic rings. The van der Waals surface area contributed by atoms with Crippen LogP contribution in [-0.4, -0.2) is 83.1 Å². The molecule has 0 aliphatic carbocycles. The van der Waals surface area contributed by atoms with E-state index in [-0.39, 0.29) is 18.4 Å².